The van der Waals surface area contributed by atoms with Crippen molar-refractivity contribution in [2.24, 2.45) is 7.05 Å². The van der Waals surface area contributed by atoms with Crippen molar-refractivity contribution in [2.45, 2.75) is 19.0 Å². The van der Waals surface area contributed by atoms with Crippen molar-refractivity contribution in [3.63, 3.8) is 0 Å². The first-order chi connectivity index (χ1) is 9.65. The van der Waals surface area contributed by atoms with Gasteiger partial charge in [0.2, 0.25) is 5.88 Å². The first-order valence-corrected chi connectivity index (χ1v) is 6.57. The fourth-order valence-electron chi connectivity index (χ4n) is 2.48. The van der Waals surface area contributed by atoms with Crippen LogP contribution in [0.3, 0.4) is 0 Å². The Bertz CT molecular complexity index is 613. The Morgan fingerprint density at radius 1 is 1.40 bits per heavy atom. The third-order valence-electron chi connectivity index (χ3n) is 3.73. The lowest BCUT2D eigenvalue weighted by Crippen LogP contribution is -2.42. The molecule has 0 radical (unpaired) electrons. The van der Waals surface area contributed by atoms with Gasteiger partial charge in [0.15, 0.2) is 5.82 Å². The third-order valence-corrected chi connectivity index (χ3v) is 3.73. The summed E-state index contributed by atoms with van der Waals surface area (Å²) in [5, 5.41) is 0. The van der Waals surface area contributed by atoms with Gasteiger partial charge in [-0.05, 0) is 19.2 Å². The molecule has 6 heteroatoms. The van der Waals surface area contributed by atoms with E-state index in [1.54, 1.807) is 6.07 Å². The maximum absolute atomic E-state index is 13.5. The van der Waals surface area contributed by atoms with Crippen LogP contribution in [0.15, 0.2) is 24.7 Å². The van der Waals surface area contributed by atoms with Gasteiger partial charge in [0, 0.05) is 37.9 Å². The van der Waals surface area contributed by atoms with Gasteiger partial charge in [-0.15, -0.1) is 0 Å². The van der Waals surface area contributed by atoms with Crippen LogP contribution >= 0.6 is 0 Å². The monoisotopic (exact) mass is 276 g/mol. The molecule has 2 aromatic heterocycles. The highest BCUT2D eigenvalue weighted by atomic mass is 19.1. The van der Waals surface area contributed by atoms with Crippen LogP contribution in [0.2, 0.25) is 0 Å². The Morgan fingerprint density at radius 2 is 2.25 bits per heavy atom. The molecule has 0 N–H and O–H groups in total. The Hall–Kier alpha value is -1.95. The minimum Gasteiger partial charge on any atom is -0.474 e. The summed E-state index contributed by atoms with van der Waals surface area (Å²) in [6.45, 7) is 1.20. The molecule has 0 aliphatic carbocycles. The minimum atomic E-state index is -0.424. The van der Waals surface area contributed by atoms with Crippen LogP contribution in [0, 0.1) is 5.82 Å². The van der Waals surface area contributed by atoms with Gasteiger partial charge in [-0.3, -0.25) is 4.90 Å². The molecular formula is C14H17FN4O. The van der Waals surface area contributed by atoms with Gasteiger partial charge >= 0.3 is 0 Å². The molecule has 0 saturated heterocycles. The van der Waals surface area contributed by atoms with E-state index in [9.17, 15) is 4.39 Å². The van der Waals surface area contributed by atoms with Crippen molar-refractivity contribution >= 4 is 0 Å². The highest BCUT2D eigenvalue weighted by molar-refractivity contribution is 5.18. The average Bonchev–Trinajstić information content (AvgIpc) is 2.78. The molecule has 1 aliphatic heterocycles. The lowest BCUT2D eigenvalue weighted by Gasteiger charge is -2.32. The van der Waals surface area contributed by atoms with Crippen LogP contribution in [-0.4, -0.2) is 39.1 Å². The lowest BCUT2D eigenvalue weighted by molar-refractivity contribution is 0.134. The Kier molecular flexibility index (Phi) is 3.40. The summed E-state index contributed by atoms with van der Waals surface area (Å²) in [6.07, 6.45) is 4.21. The molecule has 0 saturated carbocycles. The van der Waals surface area contributed by atoms with Crippen LogP contribution in [0.5, 0.6) is 5.88 Å². The first-order valence-electron chi connectivity index (χ1n) is 6.57. The van der Waals surface area contributed by atoms with Crippen molar-refractivity contribution in [3.8, 4) is 5.88 Å². The fraction of sp³-hybridized carbons (Fsp3) is 0.429. The molecule has 3 rings (SSSR count). The minimum absolute atomic E-state index is 0.0664. The van der Waals surface area contributed by atoms with E-state index < -0.39 is 5.82 Å². The van der Waals surface area contributed by atoms with Crippen LogP contribution in [-0.2, 0) is 20.0 Å². The fourth-order valence-corrected chi connectivity index (χ4v) is 2.48. The van der Waals surface area contributed by atoms with E-state index in [2.05, 4.69) is 14.9 Å². The van der Waals surface area contributed by atoms with Crippen molar-refractivity contribution in [3.05, 3.63) is 41.9 Å². The number of halogens is 1. The van der Waals surface area contributed by atoms with Crippen molar-refractivity contribution in [2.75, 3.05) is 13.7 Å². The van der Waals surface area contributed by atoms with Crippen LogP contribution in [0.25, 0.3) is 0 Å². The summed E-state index contributed by atoms with van der Waals surface area (Å²) in [5.41, 5.74) is 2.33. The van der Waals surface area contributed by atoms with Gasteiger partial charge < -0.3 is 9.30 Å². The van der Waals surface area contributed by atoms with Gasteiger partial charge in [0.25, 0.3) is 0 Å². The summed E-state index contributed by atoms with van der Waals surface area (Å²) in [5.74, 6) is -0.358. The quantitative estimate of drug-likeness (QED) is 0.849. The van der Waals surface area contributed by atoms with E-state index in [1.807, 2.05) is 25.0 Å². The zero-order chi connectivity index (χ0) is 14.1. The second-order valence-corrected chi connectivity index (χ2v) is 5.12. The number of rotatable bonds is 3. The van der Waals surface area contributed by atoms with E-state index >= 15 is 0 Å². The van der Waals surface area contributed by atoms with Crippen molar-refractivity contribution < 1.29 is 9.13 Å². The molecule has 5 nitrogen and oxygen atoms in total. The largest absolute Gasteiger partial charge is 0.474 e. The number of hydrogen-bond acceptors (Lipinski definition) is 4. The SMILES string of the molecule is CN1Cc2ncn(C)c2C[C@@H]1COc1ncccc1F. The molecule has 0 amide bonds. The predicted molar refractivity (Wildman–Crippen MR) is 71.9 cm³/mol. The molecule has 3 heterocycles. The summed E-state index contributed by atoms with van der Waals surface area (Å²) in [7, 11) is 4.02. The van der Waals surface area contributed by atoms with Gasteiger partial charge in [0.1, 0.15) is 6.61 Å². The standard InChI is InChI=1S/C14H17FN4O/c1-18-7-12-13(19(2)9-17-12)6-10(18)8-20-14-11(15)4-3-5-16-14/h3-5,9-10H,6-8H2,1-2H3/t10-/m1/s1. The zero-order valence-electron chi connectivity index (χ0n) is 11.6. The van der Waals surface area contributed by atoms with E-state index in [0.717, 1.165) is 18.7 Å². The molecule has 2 aromatic rings. The maximum atomic E-state index is 13.5. The summed E-state index contributed by atoms with van der Waals surface area (Å²) < 4.78 is 21.0. The first kappa shape index (κ1) is 13.1. The highest BCUT2D eigenvalue weighted by Gasteiger charge is 2.27. The Labute approximate surface area is 117 Å². The van der Waals surface area contributed by atoms with E-state index in [4.69, 9.17) is 4.74 Å². The molecule has 0 aromatic carbocycles. The number of aromatic nitrogens is 3. The number of ether oxygens (including phenoxy) is 1. The Morgan fingerprint density at radius 3 is 3.05 bits per heavy atom. The molecular weight excluding hydrogens is 259 g/mol. The number of fused-ring (bicyclic) bond motifs is 1. The van der Waals surface area contributed by atoms with Gasteiger partial charge in [-0.1, -0.05) is 0 Å². The molecule has 0 fully saturated rings. The predicted octanol–water partition coefficient (Wildman–Crippen LogP) is 1.39. The maximum Gasteiger partial charge on any atom is 0.250 e. The highest BCUT2D eigenvalue weighted by Crippen LogP contribution is 2.21. The number of pyridine rings is 1. The van der Waals surface area contributed by atoms with Crippen molar-refractivity contribution in [1.29, 1.82) is 0 Å². The van der Waals surface area contributed by atoms with Gasteiger partial charge in [-0.25, -0.2) is 14.4 Å². The molecule has 0 unspecified atom stereocenters. The van der Waals surface area contributed by atoms with E-state index in [0.29, 0.717) is 6.61 Å². The second-order valence-electron chi connectivity index (χ2n) is 5.12. The zero-order valence-corrected chi connectivity index (χ0v) is 11.6. The number of imidazole rings is 1. The van der Waals surface area contributed by atoms with Crippen LogP contribution < -0.4 is 4.74 Å². The third kappa shape index (κ3) is 2.38. The van der Waals surface area contributed by atoms with Gasteiger partial charge in [0.05, 0.1) is 12.0 Å². The molecule has 0 bridgehead atoms. The molecule has 20 heavy (non-hydrogen) atoms. The number of likely N-dealkylation sites (N-methyl/N-ethyl adjacent to an activating group) is 1. The number of nitrogens with zero attached hydrogens (tertiary/aromatic N) is 4. The summed E-state index contributed by atoms with van der Waals surface area (Å²) >= 11 is 0. The van der Waals surface area contributed by atoms with Gasteiger partial charge in [-0.2, -0.15) is 0 Å². The van der Waals surface area contributed by atoms with Crippen LogP contribution in [0.4, 0.5) is 4.39 Å². The Balaban J connectivity index is 1.70. The molecule has 0 spiro atoms. The number of hydrogen-bond donors (Lipinski definition) is 0. The number of aryl methyl sites for hydroxylation is 1. The van der Waals surface area contributed by atoms with Crippen molar-refractivity contribution in [1.82, 2.24) is 19.4 Å². The summed E-state index contributed by atoms with van der Waals surface area (Å²) in [4.78, 5) is 10.5. The smallest absolute Gasteiger partial charge is 0.250 e. The van der Waals surface area contributed by atoms with E-state index in [1.165, 1.54) is 18.0 Å². The second kappa shape index (κ2) is 5.20. The average molecular weight is 276 g/mol. The molecule has 1 aliphatic rings. The molecule has 106 valence electrons. The topological polar surface area (TPSA) is 43.2 Å². The molecule has 1 atom stereocenters. The normalized spacial score (nSPS) is 18.9. The van der Waals surface area contributed by atoms with E-state index in [-0.39, 0.29) is 11.9 Å². The van der Waals surface area contributed by atoms with Crippen LogP contribution in [0.1, 0.15) is 11.4 Å². The summed E-state index contributed by atoms with van der Waals surface area (Å²) in [6, 6.07) is 3.10. The lowest BCUT2D eigenvalue weighted by atomic mass is 10.0.